The predicted octanol–water partition coefficient (Wildman–Crippen LogP) is 1.15. The third kappa shape index (κ3) is 1.76. The molecular formula is C14H11N3O2. The van der Waals surface area contributed by atoms with Crippen LogP contribution >= 0.6 is 0 Å². The molecule has 0 radical (unpaired) electrons. The van der Waals surface area contributed by atoms with Gasteiger partial charge in [0.2, 0.25) is 0 Å². The molecule has 94 valence electrons. The molecule has 0 N–H and O–H groups in total. The average Bonchev–Trinajstić information content (AvgIpc) is 2.39. The van der Waals surface area contributed by atoms with Crippen LogP contribution in [0.25, 0.3) is 11.3 Å². The fourth-order valence-electron chi connectivity index (χ4n) is 2.07. The molecular weight excluding hydrogens is 242 g/mol. The molecule has 3 rings (SSSR count). The first-order valence-corrected chi connectivity index (χ1v) is 5.85. The van der Waals surface area contributed by atoms with Crippen LogP contribution in [0.5, 0.6) is 0 Å². The highest BCUT2D eigenvalue weighted by Gasteiger charge is 2.10. The Balaban J connectivity index is 2.49. The molecule has 0 fully saturated rings. The SMILES string of the molecule is Cc1cccc2nc(=O)n(-c3ccccc3)c(=O)n12. The summed E-state index contributed by atoms with van der Waals surface area (Å²) in [5, 5.41) is 0. The number of hydrogen-bond donors (Lipinski definition) is 0. The monoisotopic (exact) mass is 253 g/mol. The smallest absolute Gasteiger partial charge is 0.250 e. The fraction of sp³-hybridized carbons (Fsp3) is 0.0714. The van der Waals surface area contributed by atoms with E-state index in [2.05, 4.69) is 4.98 Å². The lowest BCUT2D eigenvalue weighted by Gasteiger charge is -2.08. The second-order valence-electron chi connectivity index (χ2n) is 4.21. The maximum atomic E-state index is 12.5. The molecule has 0 aliphatic heterocycles. The molecule has 1 aromatic carbocycles. The van der Waals surface area contributed by atoms with Gasteiger partial charge in [0.25, 0.3) is 0 Å². The highest BCUT2D eigenvalue weighted by molar-refractivity contribution is 5.39. The zero-order valence-corrected chi connectivity index (χ0v) is 10.3. The van der Waals surface area contributed by atoms with Crippen LogP contribution in [0.2, 0.25) is 0 Å². The molecule has 0 amide bonds. The van der Waals surface area contributed by atoms with E-state index in [1.807, 2.05) is 6.07 Å². The Bertz CT molecular complexity index is 863. The van der Waals surface area contributed by atoms with E-state index in [0.29, 0.717) is 11.3 Å². The van der Waals surface area contributed by atoms with Crippen LogP contribution in [0, 0.1) is 6.92 Å². The quantitative estimate of drug-likeness (QED) is 0.653. The van der Waals surface area contributed by atoms with Crippen molar-refractivity contribution in [1.82, 2.24) is 14.0 Å². The Morgan fingerprint density at radius 3 is 2.42 bits per heavy atom. The van der Waals surface area contributed by atoms with Crippen molar-refractivity contribution >= 4 is 5.65 Å². The van der Waals surface area contributed by atoms with Gasteiger partial charge in [-0.15, -0.1) is 0 Å². The summed E-state index contributed by atoms with van der Waals surface area (Å²) >= 11 is 0. The van der Waals surface area contributed by atoms with E-state index < -0.39 is 11.4 Å². The maximum Gasteiger partial charge on any atom is 0.358 e. The van der Waals surface area contributed by atoms with Crippen LogP contribution in [-0.4, -0.2) is 14.0 Å². The van der Waals surface area contributed by atoms with E-state index in [1.165, 1.54) is 4.40 Å². The van der Waals surface area contributed by atoms with Gasteiger partial charge in [-0.05, 0) is 31.2 Å². The van der Waals surface area contributed by atoms with Gasteiger partial charge in [0.15, 0.2) is 0 Å². The lowest BCUT2D eigenvalue weighted by atomic mass is 10.3. The number of nitrogens with zero attached hydrogens (tertiary/aromatic N) is 3. The number of rotatable bonds is 1. The number of fused-ring (bicyclic) bond motifs is 1. The van der Waals surface area contributed by atoms with Gasteiger partial charge in [0.05, 0.1) is 5.69 Å². The Labute approximate surface area is 108 Å². The fourth-order valence-corrected chi connectivity index (χ4v) is 2.07. The Hall–Kier alpha value is -2.69. The van der Waals surface area contributed by atoms with Crippen LogP contribution in [0.3, 0.4) is 0 Å². The standard InChI is InChI=1S/C14H11N3O2/c1-10-6-5-9-12-15-13(18)17(14(19)16(10)12)11-7-3-2-4-8-11/h2-9H,1H3. The van der Waals surface area contributed by atoms with E-state index in [4.69, 9.17) is 0 Å². The van der Waals surface area contributed by atoms with Gasteiger partial charge in [-0.1, -0.05) is 24.3 Å². The summed E-state index contributed by atoms with van der Waals surface area (Å²) in [6.45, 7) is 1.80. The maximum absolute atomic E-state index is 12.5. The molecule has 0 spiro atoms. The van der Waals surface area contributed by atoms with Crippen LogP contribution in [0.15, 0.2) is 58.1 Å². The van der Waals surface area contributed by atoms with Gasteiger partial charge in [-0.25, -0.2) is 18.6 Å². The summed E-state index contributed by atoms with van der Waals surface area (Å²) < 4.78 is 2.49. The van der Waals surface area contributed by atoms with Gasteiger partial charge < -0.3 is 0 Å². The van der Waals surface area contributed by atoms with Gasteiger partial charge in [-0.3, -0.25) is 0 Å². The van der Waals surface area contributed by atoms with Crippen molar-refractivity contribution in [3.63, 3.8) is 0 Å². The summed E-state index contributed by atoms with van der Waals surface area (Å²) in [6, 6.07) is 14.0. The number of benzene rings is 1. The van der Waals surface area contributed by atoms with E-state index in [9.17, 15) is 9.59 Å². The lowest BCUT2D eigenvalue weighted by molar-refractivity contribution is 0.782. The number of hydrogen-bond acceptors (Lipinski definition) is 3. The van der Waals surface area contributed by atoms with E-state index in [1.54, 1.807) is 49.4 Å². The van der Waals surface area contributed by atoms with Gasteiger partial charge in [0, 0.05) is 5.69 Å². The summed E-state index contributed by atoms with van der Waals surface area (Å²) in [6.07, 6.45) is 0. The van der Waals surface area contributed by atoms with Crippen molar-refractivity contribution in [2.45, 2.75) is 6.92 Å². The average molecular weight is 253 g/mol. The van der Waals surface area contributed by atoms with Crippen LogP contribution in [0.4, 0.5) is 0 Å². The molecule has 0 aliphatic carbocycles. The minimum atomic E-state index is -0.568. The first-order valence-electron chi connectivity index (χ1n) is 5.85. The largest absolute Gasteiger partial charge is 0.358 e. The van der Waals surface area contributed by atoms with Crippen LogP contribution < -0.4 is 11.4 Å². The summed E-state index contributed by atoms with van der Waals surface area (Å²) in [4.78, 5) is 28.4. The topological polar surface area (TPSA) is 56.4 Å². The van der Waals surface area contributed by atoms with Gasteiger partial charge >= 0.3 is 11.4 Å². The highest BCUT2D eigenvalue weighted by atomic mass is 16.2. The van der Waals surface area contributed by atoms with Crippen molar-refractivity contribution in [1.29, 1.82) is 0 Å². The number of pyridine rings is 1. The third-order valence-electron chi connectivity index (χ3n) is 2.96. The number of para-hydroxylation sites is 1. The molecule has 5 heteroatoms. The number of aromatic nitrogens is 3. The Morgan fingerprint density at radius 2 is 1.68 bits per heavy atom. The molecule has 0 atom stereocenters. The van der Waals surface area contributed by atoms with Crippen LogP contribution in [-0.2, 0) is 0 Å². The zero-order chi connectivity index (χ0) is 13.4. The summed E-state index contributed by atoms with van der Waals surface area (Å²) in [5.74, 6) is 0. The zero-order valence-electron chi connectivity index (χ0n) is 10.3. The minimum absolute atomic E-state index is 0.363. The van der Waals surface area contributed by atoms with E-state index in [0.717, 1.165) is 10.3 Å². The molecule has 0 aliphatic rings. The van der Waals surface area contributed by atoms with Crippen LogP contribution in [0.1, 0.15) is 5.69 Å². The van der Waals surface area contributed by atoms with E-state index in [-0.39, 0.29) is 0 Å². The molecule has 5 nitrogen and oxygen atoms in total. The van der Waals surface area contributed by atoms with Crippen molar-refractivity contribution < 1.29 is 0 Å². The molecule has 0 unspecified atom stereocenters. The van der Waals surface area contributed by atoms with Crippen molar-refractivity contribution in [3.8, 4) is 5.69 Å². The molecule has 0 saturated carbocycles. The van der Waals surface area contributed by atoms with Gasteiger partial charge in [0.1, 0.15) is 5.65 Å². The molecule has 3 aromatic rings. The molecule has 2 aromatic heterocycles. The predicted molar refractivity (Wildman–Crippen MR) is 71.8 cm³/mol. The summed E-state index contributed by atoms with van der Waals surface area (Å²) in [7, 11) is 0. The first kappa shape index (κ1) is 11.4. The van der Waals surface area contributed by atoms with Crippen molar-refractivity contribution in [2.75, 3.05) is 0 Å². The van der Waals surface area contributed by atoms with Crippen molar-refractivity contribution in [2.24, 2.45) is 0 Å². The van der Waals surface area contributed by atoms with E-state index >= 15 is 0 Å². The Morgan fingerprint density at radius 1 is 0.947 bits per heavy atom. The minimum Gasteiger partial charge on any atom is -0.250 e. The molecule has 2 heterocycles. The second kappa shape index (κ2) is 4.20. The number of aryl methyl sites for hydroxylation is 1. The highest BCUT2D eigenvalue weighted by Crippen LogP contribution is 2.03. The lowest BCUT2D eigenvalue weighted by Crippen LogP contribution is -2.38. The van der Waals surface area contributed by atoms with Crippen molar-refractivity contribution in [3.05, 3.63) is 75.2 Å². The molecule has 19 heavy (non-hydrogen) atoms. The molecule has 0 bridgehead atoms. The second-order valence-corrected chi connectivity index (χ2v) is 4.21. The summed E-state index contributed by atoms with van der Waals surface area (Å²) in [5.41, 5.74) is 0.644. The first-order chi connectivity index (χ1) is 9.18. The third-order valence-corrected chi connectivity index (χ3v) is 2.96. The normalized spacial score (nSPS) is 10.8. The Kier molecular flexibility index (Phi) is 2.52. The van der Waals surface area contributed by atoms with Gasteiger partial charge in [-0.2, -0.15) is 4.98 Å². The molecule has 0 saturated heterocycles.